The molecule has 1 rings (SSSR count). The lowest BCUT2D eigenvalue weighted by atomic mass is 10.1. The zero-order chi connectivity index (χ0) is 13.2. The Kier molecular flexibility index (Phi) is 6.36. The molecule has 0 heterocycles. The average Bonchev–Trinajstić information content (AvgIpc) is 2.36. The van der Waals surface area contributed by atoms with Crippen molar-refractivity contribution in [2.75, 3.05) is 13.1 Å². The molecule has 0 saturated heterocycles. The van der Waals surface area contributed by atoms with Gasteiger partial charge >= 0.3 is 0 Å². The average molecular weight is 246 g/mol. The molecule has 0 radical (unpaired) electrons. The number of hydrogen-bond donors (Lipinski definition) is 1. The van der Waals surface area contributed by atoms with Crippen molar-refractivity contribution in [1.82, 2.24) is 5.32 Å². The van der Waals surface area contributed by atoms with Gasteiger partial charge in [0, 0.05) is 18.0 Å². The van der Waals surface area contributed by atoms with E-state index < -0.39 is 0 Å². The minimum atomic E-state index is 0.0353. The quantitative estimate of drug-likeness (QED) is 0.341. The van der Waals surface area contributed by atoms with Crippen LogP contribution in [0.15, 0.2) is 29.4 Å². The number of amides is 1. The summed E-state index contributed by atoms with van der Waals surface area (Å²) >= 11 is 0. The third kappa shape index (κ3) is 5.37. The van der Waals surface area contributed by atoms with Gasteiger partial charge in [-0.15, -0.1) is 0 Å². The Morgan fingerprint density at radius 2 is 2.17 bits per heavy atom. The summed E-state index contributed by atoms with van der Waals surface area (Å²) in [4.78, 5) is 14.3. The molecule has 0 bridgehead atoms. The molecule has 0 aromatic heterocycles. The van der Waals surface area contributed by atoms with E-state index >= 15 is 0 Å². The number of nitrogens with zero attached hydrogens (tertiary/aromatic N) is 3. The molecule has 5 heteroatoms. The summed E-state index contributed by atoms with van der Waals surface area (Å²) in [5.74, 6) is 0.0353. The summed E-state index contributed by atoms with van der Waals surface area (Å²) in [7, 11) is 0. The van der Waals surface area contributed by atoms with Crippen LogP contribution >= 0.6 is 0 Å². The van der Waals surface area contributed by atoms with Crippen LogP contribution in [0.4, 0.5) is 0 Å². The van der Waals surface area contributed by atoms with Crippen LogP contribution in [-0.4, -0.2) is 19.0 Å². The predicted octanol–water partition coefficient (Wildman–Crippen LogP) is 2.74. The first-order valence-electron chi connectivity index (χ1n) is 6.06. The molecule has 0 unspecified atom stereocenters. The fraction of sp³-hybridized carbons (Fsp3) is 0.462. The van der Waals surface area contributed by atoms with Gasteiger partial charge in [-0.3, -0.25) is 4.79 Å². The first-order chi connectivity index (χ1) is 8.74. The highest BCUT2D eigenvalue weighted by atomic mass is 16.1. The Hall–Kier alpha value is -2.00. The van der Waals surface area contributed by atoms with Gasteiger partial charge in [0.05, 0.1) is 6.42 Å². The van der Waals surface area contributed by atoms with Crippen LogP contribution in [0, 0.1) is 6.92 Å². The zero-order valence-electron chi connectivity index (χ0n) is 10.6. The number of azide groups is 1. The Labute approximate surface area is 107 Å². The number of unbranched alkanes of at least 4 members (excludes halogenated alkanes) is 1. The van der Waals surface area contributed by atoms with Gasteiger partial charge in [0.1, 0.15) is 0 Å². The SMILES string of the molecule is Cc1ccccc1CC(=O)NCCCCN=[N+]=[N-]. The lowest BCUT2D eigenvalue weighted by molar-refractivity contribution is -0.120. The Balaban J connectivity index is 2.22. The molecule has 0 atom stereocenters. The molecule has 0 saturated carbocycles. The third-order valence-electron chi connectivity index (χ3n) is 2.68. The van der Waals surface area contributed by atoms with Crippen LogP contribution in [0.1, 0.15) is 24.0 Å². The largest absolute Gasteiger partial charge is 0.356 e. The van der Waals surface area contributed by atoms with Crippen LogP contribution in [-0.2, 0) is 11.2 Å². The maximum Gasteiger partial charge on any atom is 0.224 e. The van der Waals surface area contributed by atoms with E-state index in [2.05, 4.69) is 15.3 Å². The number of aryl methyl sites for hydroxylation is 1. The second kappa shape index (κ2) is 8.14. The highest BCUT2D eigenvalue weighted by Gasteiger charge is 2.04. The molecule has 5 nitrogen and oxygen atoms in total. The van der Waals surface area contributed by atoms with Crippen LogP contribution in [0.3, 0.4) is 0 Å². The van der Waals surface area contributed by atoms with Gasteiger partial charge in [-0.1, -0.05) is 29.4 Å². The summed E-state index contributed by atoms with van der Waals surface area (Å²) in [5.41, 5.74) is 10.3. The number of nitrogens with one attached hydrogen (secondary N) is 1. The molecule has 0 spiro atoms. The molecule has 1 amide bonds. The van der Waals surface area contributed by atoms with Crippen molar-refractivity contribution >= 4 is 5.91 Å². The van der Waals surface area contributed by atoms with E-state index in [1.165, 1.54) is 0 Å². The van der Waals surface area contributed by atoms with Crippen molar-refractivity contribution in [2.24, 2.45) is 5.11 Å². The highest BCUT2D eigenvalue weighted by molar-refractivity contribution is 5.78. The monoisotopic (exact) mass is 246 g/mol. The van der Waals surface area contributed by atoms with Crippen LogP contribution in [0.5, 0.6) is 0 Å². The number of carbonyl (C=O) groups excluding carboxylic acids is 1. The summed E-state index contributed by atoms with van der Waals surface area (Å²) in [5, 5.41) is 6.30. The Bertz CT molecular complexity index is 438. The fourth-order valence-corrected chi connectivity index (χ4v) is 1.62. The summed E-state index contributed by atoms with van der Waals surface area (Å²) < 4.78 is 0. The molecule has 1 aromatic carbocycles. The summed E-state index contributed by atoms with van der Waals surface area (Å²) in [6, 6.07) is 7.88. The van der Waals surface area contributed by atoms with Gasteiger partial charge in [-0.2, -0.15) is 0 Å². The smallest absolute Gasteiger partial charge is 0.224 e. The Morgan fingerprint density at radius 3 is 2.89 bits per heavy atom. The van der Waals surface area contributed by atoms with Gasteiger partial charge in [-0.25, -0.2) is 0 Å². The molecule has 1 N–H and O–H groups in total. The molecule has 0 aliphatic heterocycles. The van der Waals surface area contributed by atoms with Crippen molar-refractivity contribution in [2.45, 2.75) is 26.2 Å². The summed E-state index contributed by atoms with van der Waals surface area (Å²) in [6.45, 7) is 3.12. The van der Waals surface area contributed by atoms with E-state index in [0.717, 1.165) is 24.0 Å². The van der Waals surface area contributed by atoms with Crippen molar-refractivity contribution in [3.8, 4) is 0 Å². The molecule has 0 aliphatic carbocycles. The standard InChI is InChI=1S/C13H18N4O/c1-11-6-2-3-7-12(11)10-13(18)15-8-4-5-9-16-17-14/h2-3,6-7H,4-5,8-10H2,1H3,(H,15,18). The normalized spacial score (nSPS) is 9.61. The Morgan fingerprint density at radius 1 is 1.39 bits per heavy atom. The van der Waals surface area contributed by atoms with Crippen molar-refractivity contribution in [3.05, 3.63) is 45.8 Å². The molecule has 0 fully saturated rings. The summed E-state index contributed by atoms with van der Waals surface area (Å²) in [6.07, 6.45) is 2.05. The van der Waals surface area contributed by atoms with Gasteiger partial charge in [0.15, 0.2) is 0 Å². The lowest BCUT2D eigenvalue weighted by Crippen LogP contribution is -2.26. The van der Waals surface area contributed by atoms with E-state index in [-0.39, 0.29) is 5.91 Å². The van der Waals surface area contributed by atoms with Gasteiger partial charge in [0.25, 0.3) is 0 Å². The number of hydrogen-bond acceptors (Lipinski definition) is 2. The van der Waals surface area contributed by atoms with Crippen LogP contribution in [0.2, 0.25) is 0 Å². The maximum atomic E-state index is 11.7. The van der Waals surface area contributed by atoms with E-state index in [1.54, 1.807) is 0 Å². The topological polar surface area (TPSA) is 77.9 Å². The molecule has 0 aliphatic rings. The zero-order valence-corrected chi connectivity index (χ0v) is 10.6. The van der Waals surface area contributed by atoms with Crippen molar-refractivity contribution < 1.29 is 4.79 Å². The third-order valence-corrected chi connectivity index (χ3v) is 2.68. The van der Waals surface area contributed by atoms with E-state index in [4.69, 9.17) is 5.53 Å². The fourth-order valence-electron chi connectivity index (χ4n) is 1.62. The molecular weight excluding hydrogens is 228 g/mol. The van der Waals surface area contributed by atoms with E-state index in [1.807, 2.05) is 31.2 Å². The first-order valence-corrected chi connectivity index (χ1v) is 6.06. The van der Waals surface area contributed by atoms with Gasteiger partial charge in [0.2, 0.25) is 5.91 Å². The molecule has 1 aromatic rings. The molecule has 96 valence electrons. The van der Waals surface area contributed by atoms with E-state index in [0.29, 0.717) is 19.5 Å². The highest BCUT2D eigenvalue weighted by Crippen LogP contribution is 2.07. The van der Waals surface area contributed by atoms with Crippen LogP contribution in [0.25, 0.3) is 10.4 Å². The minimum Gasteiger partial charge on any atom is -0.356 e. The first kappa shape index (κ1) is 14.1. The van der Waals surface area contributed by atoms with Crippen molar-refractivity contribution in [3.63, 3.8) is 0 Å². The number of rotatable bonds is 7. The van der Waals surface area contributed by atoms with E-state index in [9.17, 15) is 4.79 Å². The van der Waals surface area contributed by atoms with Gasteiger partial charge < -0.3 is 5.32 Å². The second-order valence-electron chi connectivity index (χ2n) is 4.11. The second-order valence-corrected chi connectivity index (χ2v) is 4.11. The maximum absolute atomic E-state index is 11.7. The number of benzene rings is 1. The minimum absolute atomic E-state index is 0.0353. The molecular formula is C13H18N4O. The predicted molar refractivity (Wildman–Crippen MR) is 71.1 cm³/mol. The van der Waals surface area contributed by atoms with Gasteiger partial charge in [-0.05, 0) is 36.4 Å². The van der Waals surface area contributed by atoms with Crippen LogP contribution < -0.4 is 5.32 Å². The van der Waals surface area contributed by atoms with Crippen molar-refractivity contribution in [1.29, 1.82) is 0 Å². The number of carbonyl (C=O) groups is 1. The lowest BCUT2D eigenvalue weighted by Gasteiger charge is -2.06. The molecule has 18 heavy (non-hydrogen) atoms.